The van der Waals surface area contributed by atoms with Gasteiger partial charge in [-0.3, -0.25) is 19.1 Å². The fourth-order valence-corrected chi connectivity index (χ4v) is 4.29. The molecule has 0 aliphatic rings. The van der Waals surface area contributed by atoms with Crippen molar-refractivity contribution in [3.63, 3.8) is 0 Å². The van der Waals surface area contributed by atoms with Gasteiger partial charge in [0.05, 0.1) is 18.3 Å². The summed E-state index contributed by atoms with van der Waals surface area (Å²) in [6.07, 6.45) is 1.64. The van der Waals surface area contributed by atoms with Crippen LogP contribution in [0, 0.1) is 0 Å². The van der Waals surface area contributed by atoms with Crippen molar-refractivity contribution in [2.75, 3.05) is 12.4 Å². The largest absolute Gasteiger partial charge is 0.466 e. The minimum absolute atomic E-state index is 0.171. The second-order valence-electron chi connectivity index (χ2n) is 7.44. The van der Waals surface area contributed by atoms with Crippen molar-refractivity contribution >= 4 is 27.7 Å². The van der Waals surface area contributed by atoms with Gasteiger partial charge in [0, 0.05) is 17.5 Å². The van der Waals surface area contributed by atoms with E-state index < -0.39 is 21.8 Å². The Kier molecular flexibility index (Phi) is 9.59. The highest BCUT2D eigenvalue weighted by molar-refractivity contribution is 7.90. The second kappa shape index (κ2) is 12.1. The molecule has 0 spiro atoms. The van der Waals surface area contributed by atoms with E-state index in [-0.39, 0.29) is 23.9 Å². The maximum absolute atomic E-state index is 12.6. The number of carbonyl (C=O) groups is 3. The molecule has 2 aromatic rings. The van der Waals surface area contributed by atoms with Crippen LogP contribution in [0.1, 0.15) is 66.9 Å². The third-order valence-electron chi connectivity index (χ3n) is 4.93. The SMILES string of the molecule is CCOC(=O)CCCCCS(=O)(=O)NC(=O)C(C)c1cccc(C(=O)c2ccccc2)c1. The van der Waals surface area contributed by atoms with Crippen LogP contribution in [0.2, 0.25) is 0 Å². The third-order valence-corrected chi connectivity index (χ3v) is 6.27. The Bertz CT molecular complexity index is 1030. The predicted octanol–water partition coefficient (Wildman–Crippen LogP) is 3.59. The number of amides is 1. The molecular weight excluding hydrogens is 430 g/mol. The maximum atomic E-state index is 12.6. The number of esters is 1. The number of hydrogen-bond acceptors (Lipinski definition) is 6. The Morgan fingerprint density at radius 1 is 0.938 bits per heavy atom. The average Bonchev–Trinajstić information content (AvgIpc) is 2.78. The van der Waals surface area contributed by atoms with Gasteiger partial charge in [-0.25, -0.2) is 8.42 Å². The predicted molar refractivity (Wildman–Crippen MR) is 122 cm³/mol. The van der Waals surface area contributed by atoms with Crippen molar-refractivity contribution in [2.45, 2.75) is 45.4 Å². The molecule has 0 bridgehead atoms. The van der Waals surface area contributed by atoms with Crippen molar-refractivity contribution in [2.24, 2.45) is 0 Å². The van der Waals surface area contributed by atoms with E-state index in [1.165, 1.54) is 0 Å². The molecule has 0 saturated heterocycles. The summed E-state index contributed by atoms with van der Waals surface area (Å²) in [5.74, 6) is -2.08. The van der Waals surface area contributed by atoms with Crippen molar-refractivity contribution in [1.82, 2.24) is 4.72 Å². The highest BCUT2D eigenvalue weighted by atomic mass is 32.2. The lowest BCUT2D eigenvalue weighted by atomic mass is 9.95. The summed E-state index contributed by atoms with van der Waals surface area (Å²) in [6.45, 7) is 3.64. The van der Waals surface area contributed by atoms with Crippen LogP contribution in [0.5, 0.6) is 0 Å². The average molecular weight is 460 g/mol. The van der Waals surface area contributed by atoms with Gasteiger partial charge in [-0.05, 0) is 38.3 Å². The van der Waals surface area contributed by atoms with Crippen molar-refractivity contribution < 1.29 is 27.5 Å². The number of hydrogen-bond donors (Lipinski definition) is 1. The first-order chi connectivity index (χ1) is 15.2. The van der Waals surface area contributed by atoms with Crippen LogP contribution < -0.4 is 4.72 Å². The molecule has 0 aromatic heterocycles. The minimum Gasteiger partial charge on any atom is -0.466 e. The number of unbranched alkanes of at least 4 members (excludes halogenated alkanes) is 2. The van der Waals surface area contributed by atoms with E-state index in [9.17, 15) is 22.8 Å². The molecule has 1 unspecified atom stereocenters. The zero-order valence-corrected chi connectivity index (χ0v) is 19.2. The first-order valence-corrected chi connectivity index (χ1v) is 12.3. The molecule has 0 radical (unpaired) electrons. The topological polar surface area (TPSA) is 107 Å². The van der Waals surface area contributed by atoms with Gasteiger partial charge in [-0.2, -0.15) is 0 Å². The maximum Gasteiger partial charge on any atom is 0.305 e. The normalized spacial score (nSPS) is 12.1. The summed E-state index contributed by atoms with van der Waals surface area (Å²) in [5.41, 5.74) is 1.51. The summed E-state index contributed by atoms with van der Waals surface area (Å²) < 4.78 is 31.5. The van der Waals surface area contributed by atoms with Crippen molar-refractivity contribution in [3.05, 3.63) is 71.3 Å². The Morgan fingerprint density at radius 3 is 2.31 bits per heavy atom. The first kappa shape index (κ1) is 25.3. The molecule has 172 valence electrons. The number of nitrogens with one attached hydrogen (secondary N) is 1. The quantitative estimate of drug-likeness (QED) is 0.295. The van der Waals surface area contributed by atoms with E-state index in [1.807, 2.05) is 6.07 Å². The van der Waals surface area contributed by atoms with Gasteiger partial charge in [0.2, 0.25) is 15.9 Å². The van der Waals surface area contributed by atoms with E-state index in [0.717, 1.165) is 0 Å². The minimum atomic E-state index is -3.80. The Labute approximate surface area is 189 Å². The highest BCUT2D eigenvalue weighted by Crippen LogP contribution is 2.19. The monoisotopic (exact) mass is 459 g/mol. The van der Waals surface area contributed by atoms with Gasteiger partial charge in [0.25, 0.3) is 0 Å². The lowest BCUT2D eigenvalue weighted by Gasteiger charge is -2.14. The summed E-state index contributed by atoms with van der Waals surface area (Å²) in [6, 6.07) is 15.4. The number of ether oxygens (including phenoxy) is 1. The molecule has 8 heteroatoms. The summed E-state index contributed by atoms with van der Waals surface area (Å²) >= 11 is 0. The molecule has 32 heavy (non-hydrogen) atoms. The fraction of sp³-hybridized carbons (Fsp3) is 0.375. The van der Waals surface area contributed by atoms with Crippen LogP contribution in [-0.4, -0.2) is 38.4 Å². The lowest BCUT2D eigenvalue weighted by molar-refractivity contribution is -0.143. The highest BCUT2D eigenvalue weighted by Gasteiger charge is 2.22. The zero-order valence-electron chi connectivity index (χ0n) is 18.4. The van der Waals surface area contributed by atoms with Gasteiger partial charge < -0.3 is 4.74 Å². The van der Waals surface area contributed by atoms with Gasteiger partial charge in [0.1, 0.15) is 0 Å². The Hall–Kier alpha value is -3.00. The molecule has 2 aromatic carbocycles. The number of sulfonamides is 1. The number of benzene rings is 2. The standard InChI is InChI=1S/C24H29NO6S/c1-3-31-22(26)15-8-5-9-16-32(29,30)25-24(28)18(2)20-13-10-14-21(17-20)23(27)19-11-6-4-7-12-19/h4,6-7,10-14,17-18H,3,5,8-9,15-16H2,1-2H3,(H,25,28). The van der Waals surface area contributed by atoms with E-state index in [1.54, 1.807) is 62.4 Å². The number of ketones is 1. The van der Waals surface area contributed by atoms with E-state index >= 15 is 0 Å². The molecule has 0 fully saturated rings. The molecule has 2 rings (SSSR count). The summed E-state index contributed by atoms with van der Waals surface area (Å²) in [5, 5.41) is 0. The van der Waals surface area contributed by atoms with Gasteiger partial charge >= 0.3 is 5.97 Å². The van der Waals surface area contributed by atoms with Crippen LogP contribution in [0.3, 0.4) is 0 Å². The van der Waals surface area contributed by atoms with E-state index in [4.69, 9.17) is 4.74 Å². The van der Waals surface area contributed by atoms with Crippen LogP contribution in [-0.2, 0) is 24.3 Å². The molecule has 0 aliphatic carbocycles. The molecule has 7 nitrogen and oxygen atoms in total. The first-order valence-electron chi connectivity index (χ1n) is 10.6. The number of rotatable bonds is 12. The van der Waals surface area contributed by atoms with Crippen molar-refractivity contribution in [1.29, 1.82) is 0 Å². The van der Waals surface area contributed by atoms with Crippen LogP contribution >= 0.6 is 0 Å². The second-order valence-corrected chi connectivity index (χ2v) is 9.29. The Balaban J connectivity index is 1.91. The smallest absolute Gasteiger partial charge is 0.305 e. The molecular formula is C24H29NO6S. The molecule has 1 N–H and O–H groups in total. The van der Waals surface area contributed by atoms with Crippen LogP contribution in [0.15, 0.2) is 54.6 Å². The van der Waals surface area contributed by atoms with E-state index in [0.29, 0.717) is 42.6 Å². The summed E-state index contributed by atoms with van der Waals surface area (Å²) in [7, 11) is -3.80. The van der Waals surface area contributed by atoms with Crippen molar-refractivity contribution in [3.8, 4) is 0 Å². The molecule has 0 aliphatic heterocycles. The number of carbonyl (C=O) groups excluding carboxylic acids is 3. The zero-order chi connectivity index (χ0) is 23.6. The summed E-state index contributed by atoms with van der Waals surface area (Å²) in [4.78, 5) is 36.5. The molecule has 0 heterocycles. The van der Waals surface area contributed by atoms with Gasteiger partial charge in [-0.15, -0.1) is 0 Å². The lowest BCUT2D eigenvalue weighted by Crippen LogP contribution is -2.35. The van der Waals surface area contributed by atoms with Gasteiger partial charge in [-0.1, -0.05) is 55.0 Å². The molecule has 1 amide bonds. The van der Waals surface area contributed by atoms with Gasteiger partial charge in [0.15, 0.2) is 5.78 Å². The molecule has 0 saturated carbocycles. The Morgan fingerprint density at radius 2 is 1.62 bits per heavy atom. The van der Waals surface area contributed by atoms with Crippen LogP contribution in [0.4, 0.5) is 0 Å². The third kappa shape index (κ3) is 7.92. The molecule has 1 atom stereocenters. The fourth-order valence-electron chi connectivity index (χ4n) is 3.12. The van der Waals surface area contributed by atoms with E-state index in [2.05, 4.69) is 4.72 Å². The van der Waals surface area contributed by atoms with Crippen LogP contribution in [0.25, 0.3) is 0 Å².